The molecule has 8 heteroatoms. The SMILES string of the molecule is CO[C@]1(C)OC(=O)[C@H](c2cccc([N+](=O)[O-])c2)O[C@@]1(C)OC. The number of carbonyl (C=O) groups excluding carboxylic acids is 1. The molecule has 0 saturated carbocycles. The Balaban J connectivity index is 2.39. The topological polar surface area (TPSA) is 97.1 Å². The second kappa shape index (κ2) is 5.64. The lowest BCUT2D eigenvalue weighted by atomic mass is 10.0. The number of rotatable bonds is 4. The van der Waals surface area contributed by atoms with Gasteiger partial charge in [-0.05, 0) is 12.5 Å². The lowest BCUT2D eigenvalue weighted by Crippen LogP contribution is -2.62. The fraction of sp³-hybridized carbons (Fsp3) is 0.500. The minimum Gasteiger partial charge on any atom is -0.425 e. The van der Waals surface area contributed by atoms with Crippen LogP contribution in [-0.4, -0.2) is 36.7 Å². The van der Waals surface area contributed by atoms with Crippen molar-refractivity contribution in [3.05, 3.63) is 39.9 Å². The van der Waals surface area contributed by atoms with E-state index in [0.29, 0.717) is 5.56 Å². The molecule has 1 aromatic carbocycles. The number of non-ortho nitro benzene ring substituents is 1. The first-order valence-corrected chi connectivity index (χ1v) is 6.51. The third kappa shape index (κ3) is 2.56. The molecule has 1 aromatic rings. The fourth-order valence-corrected chi connectivity index (χ4v) is 2.18. The van der Waals surface area contributed by atoms with Crippen molar-refractivity contribution in [2.45, 2.75) is 31.5 Å². The average molecular weight is 311 g/mol. The third-order valence-electron chi connectivity index (χ3n) is 3.84. The molecule has 0 amide bonds. The summed E-state index contributed by atoms with van der Waals surface area (Å²) in [4.78, 5) is 22.5. The number of carbonyl (C=O) groups is 1. The maximum atomic E-state index is 12.2. The van der Waals surface area contributed by atoms with Gasteiger partial charge in [-0.15, -0.1) is 0 Å². The van der Waals surface area contributed by atoms with Gasteiger partial charge in [0.1, 0.15) is 0 Å². The van der Waals surface area contributed by atoms with E-state index < -0.39 is 28.6 Å². The predicted molar refractivity (Wildman–Crippen MR) is 73.8 cm³/mol. The van der Waals surface area contributed by atoms with Gasteiger partial charge in [0, 0.05) is 33.3 Å². The molecule has 1 saturated heterocycles. The van der Waals surface area contributed by atoms with Crippen LogP contribution in [-0.2, 0) is 23.7 Å². The molecule has 0 aromatic heterocycles. The predicted octanol–water partition coefficient (Wildman–Crippen LogP) is 1.93. The Bertz CT molecular complexity index is 605. The molecule has 1 heterocycles. The van der Waals surface area contributed by atoms with Gasteiger partial charge in [0.2, 0.25) is 5.79 Å². The highest BCUT2D eigenvalue weighted by Gasteiger charge is 2.57. The van der Waals surface area contributed by atoms with Crippen LogP contribution in [0.25, 0.3) is 0 Å². The van der Waals surface area contributed by atoms with E-state index in [-0.39, 0.29) is 5.69 Å². The van der Waals surface area contributed by atoms with Gasteiger partial charge in [0.05, 0.1) is 4.92 Å². The van der Waals surface area contributed by atoms with Crippen LogP contribution in [0.5, 0.6) is 0 Å². The highest BCUT2D eigenvalue weighted by atomic mass is 16.8. The molecule has 0 spiro atoms. The molecule has 1 fully saturated rings. The summed E-state index contributed by atoms with van der Waals surface area (Å²) in [6.07, 6.45) is -1.15. The van der Waals surface area contributed by atoms with Gasteiger partial charge in [-0.25, -0.2) is 4.79 Å². The Hall–Kier alpha value is -2.03. The summed E-state index contributed by atoms with van der Waals surface area (Å²) in [6, 6.07) is 5.60. The van der Waals surface area contributed by atoms with Crippen LogP contribution < -0.4 is 0 Å². The van der Waals surface area contributed by atoms with Gasteiger partial charge in [0.25, 0.3) is 11.5 Å². The standard InChI is InChI=1S/C14H17NO7/c1-13(19-3)14(2,20-4)22-12(16)11(21-13)9-6-5-7-10(8-9)15(17)18/h5-8,11H,1-4H3/t11-,13+,14+/m0/s1. The van der Waals surface area contributed by atoms with Crippen LogP contribution in [0.15, 0.2) is 24.3 Å². The smallest absolute Gasteiger partial charge is 0.342 e. The van der Waals surface area contributed by atoms with Crippen LogP contribution in [0.4, 0.5) is 5.69 Å². The van der Waals surface area contributed by atoms with Crippen molar-refractivity contribution >= 4 is 11.7 Å². The van der Waals surface area contributed by atoms with E-state index in [4.69, 9.17) is 18.9 Å². The van der Waals surface area contributed by atoms with Crippen molar-refractivity contribution in [3.63, 3.8) is 0 Å². The van der Waals surface area contributed by atoms with Gasteiger partial charge in [-0.1, -0.05) is 12.1 Å². The zero-order valence-electron chi connectivity index (χ0n) is 12.7. The highest BCUT2D eigenvalue weighted by Crippen LogP contribution is 2.42. The van der Waals surface area contributed by atoms with E-state index in [1.165, 1.54) is 39.3 Å². The summed E-state index contributed by atoms with van der Waals surface area (Å²) in [7, 11) is 2.75. The van der Waals surface area contributed by atoms with E-state index in [1.54, 1.807) is 13.0 Å². The quantitative estimate of drug-likeness (QED) is 0.476. The average Bonchev–Trinajstić information content (AvgIpc) is 2.51. The number of nitro benzene ring substituents is 1. The minimum atomic E-state index is -1.43. The van der Waals surface area contributed by atoms with Crippen LogP contribution in [0.1, 0.15) is 25.5 Å². The van der Waals surface area contributed by atoms with Gasteiger partial charge < -0.3 is 18.9 Å². The van der Waals surface area contributed by atoms with Gasteiger partial charge in [0.15, 0.2) is 6.10 Å². The Labute approximate surface area is 127 Å². The molecule has 0 aliphatic carbocycles. The number of ether oxygens (including phenoxy) is 4. The lowest BCUT2D eigenvalue weighted by molar-refractivity contribution is -0.407. The summed E-state index contributed by atoms with van der Waals surface area (Å²) < 4.78 is 21.5. The number of benzene rings is 1. The second-order valence-electron chi connectivity index (χ2n) is 5.07. The largest absolute Gasteiger partial charge is 0.425 e. The van der Waals surface area contributed by atoms with E-state index in [0.717, 1.165) is 0 Å². The molecule has 1 aliphatic heterocycles. The monoisotopic (exact) mass is 311 g/mol. The summed E-state index contributed by atoms with van der Waals surface area (Å²) >= 11 is 0. The Morgan fingerprint density at radius 3 is 2.41 bits per heavy atom. The first kappa shape index (κ1) is 16.3. The van der Waals surface area contributed by atoms with E-state index >= 15 is 0 Å². The van der Waals surface area contributed by atoms with Gasteiger partial charge in [-0.3, -0.25) is 10.1 Å². The molecule has 0 N–H and O–H groups in total. The van der Waals surface area contributed by atoms with Gasteiger partial charge >= 0.3 is 5.97 Å². The number of nitro groups is 1. The first-order valence-electron chi connectivity index (χ1n) is 6.51. The van der Waals surface area contributed by atoms with Gasteiger partial charge in [-0.2, -0.15) is 0 Å². The molecule has 0 unspecified atom stereocenters. The maximum Gasteiger partial charge on any atom is 0.342 e. The van der Waals surface area contributed by atoms with E-state index in [2.05, 4.69) is 0 Å². The molecular weight excluding hydrogens is 294 g/mol. The lowest BCUT2D eigenvalue weighted by Gasteiger charge is -2.47. The second-order valence-corrected chi connectivity index (χ2v) is 5.07. The number of cyclic esters (lactones) is 1. The van der Waals surface area contributed by atoms with Crippen LogP contribution in [0, 0.1) is 10.1 Å². The van der Waals surface area contributed by atoms with Crippen molar-refractivity contribution in [1.82, 2.24) is 0 Å². The summed E-state index contributed by atoms with van der Waals surface area (Å²) in [6.45, 7) is 3.07. The fourth-order valence-electron chi connectivity index (χ4n) is 2.18. The minimum absolute atomic E-state index is 0.145. The Kier molecular flexibility index (Phi) is 4.19. The zero-order chi connectivity index (χ0) is 16.5. The van der Waals surface area contributed by atoms with Crippen LogP contribution in [0.3, 0.4) is 0 Å². The molecule has 22 heavy (non-hydrogen) atoms. The van der Waals surface area contributed by atoms with Crippen molar-refractivity contribution < 1.29 is 28.7 Å². The molecule has 3 atom stereocenters. The Morgan fingerprint density at radius 2 is 1.86 bits per heavy atom. The zero-order valence-corrected chi connectivity index (χ0v) is 12.7. The first-order chi connectivity index (χ1) is 10.3. The third-order valence-corrected chi connectivity index (χ3v) is 3.84. The number of methoxy groups -OCH3 is 2. The van der Waals surface area contributed by atoms with E-state index in [1.807, 2.05) is 0 Å². The Morgan fingerprint density at radius 1 is 1.23 bits per heavy atom. The van der Waals surface area contributed by atoms with Crippen molar-refractivity contribution in [3.8, 4) is 0 Å². The normalized spacial score (nSPS) is 31.6. The summed E-state index contributed by atoms with van der Waals surface area (Å²) in [5.74, 6) is -3.51. The molecule has 120 valence electrons. The number of nitrogens with zero attached hydrogens (tertiary/aromatic N) is 1. The molecule has 1 aliphatic rings. The highest BCUT2D eigenvalue weighted by molar-refractivity contribution is 5.78. The number of esters is 1. The number of hydrogen-bond acceptors (Lipinski definition) is 7. The molecular formula is C14H17NO7. The summed E-state index contributed by atoms with van der Waals surface area (Å²) in [5.41, 5.74) is 0.161. The summed E-state index contributed by atoms with van der Waals surface area (Å²) in [5, 5.41) is 10.9. The van der Waals surface area contributed by atoms with Crippen LogP contribution >= 0.6 is 0 Å². The number of hydrogen-bond donors (Lipinski definition) is 0. The molecule has 0 bridgehead atoms. The molecule has 8 nitrogen and oxygen atoms in total. The van der Waals surface area contributed by atoms with Crippen molar-refractivity contribution in [2.24, 2.45) is 0 Å². The van der Waals surface area contributed by atoms with E-state index in [9.17, 15) is 14.9 Å². The van der Waals surface area contributed by atoms with Crippen molar-refractivity contribution in [1.29, 1.82) is 0 Å². The maximum absolute atomic E-state index is 12.2. The van der Waals surface area contributed by atoms with Crippen molar-refractivity contribution in [2.75, 3.05) is 14.2 Å². The van der Waals surface area contributed by atoms with Crippen LogP contribution in [0.2, 0.25) is 0 Å². The molecule has 0 radical (unpaired) electrons. The molecule has 2 rings (SSSR count).